The van der Waals surface area contributed by atoms with E-state index in [1.165, 1.54) is 66.0 Å². The van der Waals surface area contributed by atoms with E-state index in [1.807, 2.05) is 30.3 Å². The summed E-state index contributed by atoms with van der Waals surface area (Å²) in [5.41, 5.74) is 17.0. The summed E-state index contributed by atoms with van der Waals surface area (Å²) in [7, 11) is 0. The van der Waals surface area contributed by atoms with Crippen LogP contribution in [0.2, 0.25) is 0 Å². The first-order valence-electron chi connectivity index (χ1n) is 21.0. The lowest BCUT2D eigenvalue weighted by Gasteiger charge is -2.26. The van der Waals surface area contributed by atoms with Gasteiger partial charge in [0.15, 0.2) is 5.58 Å². The van der Waals surface area contributed by atoms with Crippen molar-refractivity contribution < 1.29 is 4.42 Å². The van der Waals surface area contributed by atoms with Gasteiger partial charge in [-0.2, -0.15) is 0 Å². The third-order valence-electron chi connectivity index (χ3n) is 12.3. The predicted molar refractivity (Wildman–Crippen MR) is 254 cm³/mol. The van der Waals surface area contributed by atoms with Crippen LogP contribution < -0.4 is 4.90 Å². The molecule has 1 aliphatic carbocycles. The Morgan fingerprint density at radius 2 is 1.13 bits per heavy atom. The molecule has 61 heavy (non-hydrogen) atoms. The van der Waals surface area contributed by atoms with Crippen LogP contribution in [0.1, 0.15) is 23.1 Å². The van der Waals surface area contributed by atoms with E-state index in [-0.39, 0.29) is 0 Å². The normalized spacial score (nSPS) is 12.6. The number of allylic oxidation sites excluding steroid dienone is 1. The zero-order chi connectivity index (χ0) is 40.3. The number of nitrogens with zero attached hydrogens (tertiary/aromatic N) is 3. The molecule has 4 heteroatoms. The van der Waals surface area contributed by atoms with Gasteiger partial charge in [-0.15, -0.1) is 0 Å². The minimum atomic E-state index is 0.669. The van der Waals surface area contributed by atoms with Crippen molar-refractivity contribution in [1.29, 1.82) is 0 Å². The summed E-state index contributed by atoms with van der Waals surface area (Å²) in [5.74, 6) is 0.669. The number of para-hydroxylation sites is 2. The van der Waals surface area contributed by atoms with Crippen molar-refractivity contribution >= 4 is 72.4 Å². The Bertz CT molecular complexity index is 3450. The molecule has 0 amide bonds. The Morgan fingerprint density at radius 3 is 1.93 bits per heavy atom. The third-order valence-corrected chi connectivity index (χ3v) is 12.3. The molecule has 288 valence electrons. The van der Waals surface area contributed by atoms with Crippen LogP contribution in [0.15, 0.2) is 211 Å². The number of aromatic nitrogens is 2. The van der Waals surface area contributed by atoms with Crippen LogP contribution in [-0.2, 0) is 6.42 Å². The van der Waals surface area contributed by atoms with E-state index in [2.05, 4.69) is 191 Å². The van der Waals surface area contributed by atoms with Gasteiger partial charge in [-0.05, 0) is 124 Å². The minimum absolute atomic E-state index is 0.669. The maximum atomic E-state index is 6.40. The van der Waals surface area contributed by atoms with E-state index in [1.54, 1.807) is 0 Å². The Morgan fingerprint density at radius 1 is 0.475 bits per heavy atom. The summed E-state index contributed by atoms with van der Waals surface area (Å²) in [5, 5.41) is 4.97. The van der Waals surface area contributed by atoms with Crippen molar-refractivity contribution in [2.75, 3.05) is 4.90 Å². The summed E-state index contributed by atoms with van der Waals surface area (Å²) in [6.07, 6.45) is 4.15. The van der Waals surface area contributed by atoms with Crippen LogP contribution in [0.5, 0.6) is 0 Å². The topological polar surface area (TPSA) is 34.2 Å². The maximum Gasteiger partial charge on any atom is 0.227 e. The summed E-state index contributed by atoms with van der Waals surface area (Å²) in [6.45, 7) is 0. The highest BCUT2D eigenvalue weighted by Gasteiger charge is 2.21. The van der Waals surface area contributed by atoms with E-state index in [0.717, 1.165) is 52.3 Å². The number of aryl methyl sites for hydroxylation is 1. The van der Waals surface area contributed by atoms with Gasteiger partial charge in [-0.3, -0.25) is 0 Å². The zero-order valence-corrected chi connectivity index (χ0v) is 33.4. The van der Waals surface area contributed by atoms with E-state index in [4.69, 9.17) is 9.40 Å². The fraction of sp³-hybridized carbons (Fsp3) is 0.0351. The van der Waals surface area contributed by atoms with Crippen molar-refractivity contribution in [2.45, 2.75) is 12.8 Å². The van der Waals surface area contributed by atoms with Crippen LogP contribution in [0.4, 0.5) is 17.1 Å². The highest BCUT2D eigenvalue weighted by atomic mass is 16.3. The molecule has 2 aromatic heterocycles. The lowest BCUT2D eigenvalue weighted by Crippen LogP contribution is -2.10. The molecule has 9 aromatic carbocycles. The summed E-state index contributed by atoms with van der Waals surface area (Å²) in [6, 6.07) is 74.0. The molecule has 0 N–H and O–H groups in total. The molecule has 12 rings (SSSR count). The summed E-state index contributed by atoms with van der Waals surface area (Å²) in [4.78, 5) is 7.22. The van der Waals surface area contributed by atoms with Crippen LogP contribution in [0, 0.1) is 0 Å². The molecule has 2 heterocycles. The second-order valence-corrected chi connectivity index (χ2v) is 15.9. The molecule has 0 saturated heterocycles. The molecule has 0 radical (unpaired) electrons. The molecule has 4 nitrogen and oxygen atoms in total. The quantitative estimate of drug-likeness (QED) is 0.161. The second-order valence-electron chi connectivity index (χ2n) is 15.9. The monoisotopic (exact) mass is 781 g/mol. The molecule has 11 aromatic rings. The standard InChI is InChI=1S/C57H39N3O/c1-3-13-41(14-4-1)57-58-53-35-27-43-36-42(26-33-50(43)56(53)61-57)38-22-28-45(29-23-38)59(46-30-24-40(25-31-46)49-20-11-15-39-12-7-8-18-48(39)49)47-32-34-52-51-19-9-10-21-54(51)60(55(52)37-47)44-16-5-2-6-17-44/h1-25,27-32,34-37H,26,33H2. The molecule has 1 aliphatic rings. The van der Waals surface area contributed by atoms with Crippen LogP contribution in [0.3, 0.4) is 0 Å². The van der Waals surface area contributed by atoms with Crippen molar-refractivity contribution in [3.63, 3.8) is 0 Å². The van der Waals surface area contributed by atoms with Gasteiger partial charge < -0.3 is 13.9 Å². The first-order chi connectivity index (χ1) is 30.2. The van der Waals surface area contributed by atoms with Crippen molar-refractivity contribution in [2.24, 2.45) is 0 Å². The molecule has 0 spiro atoms. The number of hydrogen-bond acceptors (Lipinski definition) is 3. The van der Waals surface area contributed by atoms with Gasteiger partial charge in [0, 0.05) is 44.6 Å². The van der Waals surface area contributed by atoms with Crippen LogP contribution in [-0.4, -0.2) is 9.55 Å². The third kappa shape index (κ3) is 6.03. The summed E-state index contributed by atoms with van der Waals surface area (Å²) < 4.78 is 8.79. The fourth-order valence-corrected chi connectivity index (χ4v) is 9.40. The predicted octanol–water partition coefficient (Wildman–Crippen LogP) is 15.4. The number of hydrogen-bond donors (Lipinski definition) is 0. The highest BCUT2D eigenvalue weighted by Crippen LogP contribution is 2.42. The molecule has 0 fully saturated rings. The molecule has 0 unspecified atom stereocenters. The average molecular weight is 782 g/mol. The lowest BCUT2D eigenvalue weighted by atomic mass is 9.88. The Kier molecular flexibility index (Phi) is 8.27. The molecule has 0 aliphatic heterocycles. The van der Waals surface area contributed by atoms with E-state index in [0.29, 0.717) is 5.89 Å². The summed E-state index contributed by atoms with van der Waals surface area (Å²) >= 11 is 0. The van der Waals surface area contributed by atoms with Crippen molar-refractivity contribution in [3.8, 4) is 28.3 Å². The molecular formula is C57H39N3O. The largest absolute Gasteiger partial charge is 0.436 e. The minimum Gasteiger partial charge on any atom is -0.436 e. The first kappa shape index (κ1) is 35.0. The van der Waals surface area contributed by atoms with Crippen LogP contribution >= 0.6 is 0 Å². The van der Waals surface area contributed by atoms with Gasteiger partial charge in [0.1, 0.15) is 5.52 Å². The van der Waals surface area contributed by atoms with Crippen LogP contribution in [0.25, 0.3) is 83.6 Å². The van der Waals surface area contributed by atoms with Gasteiger partial charge in [0.05, 0.1) is 11.0 Å². The molecule has 0 atom stereocenters. The van der Waals surface area contributed by atoms with Crippen molar-refractivity contribution in [1.82, 2.24) is 9.55 Å². The van der Waals surface area contributed by atoms with E-state index < -0.39 is 0 Å². The Labute approximate surface area is 353 Å². The van der Waals surface area contributed by atoms with E-state index in [9.17, 15) is 0 Å². The van der Waals surface area contributed by atoms with Gasteiger partial charge in [0.25, 0.3) is 0 Å². The lowest BCUT2D eigenvalue weighted by molar-refractivity contribution is 0.614. The first-order valence-corrected chi connectivity index (χ1v) is 21.0. The maximum absolute atomic E-state index is 6.40. The molecule has 0 saturated carbocycles. The Balaban J connectivity index is 0.955. The van der Waals surface area contributed by atoms with Gasteiger partial charge in [-0.1, -0.05) is 140 Å². The second kappa shape index (κ2) is 14.4. The van der Waals surface area contributed by atoms with Crippen molar-refractivity contribution in [3.05, 3.63) is 223 Å². The SMILES string of the molecule is C1=C(c2ccc(N(c3ccc(-c4cccc5ccccc45)cc3)c3ccc4c5ccccc5n(-c5ccccc5)c4c3)cc2)CCc2c1ccc1nc(-c3ccccc3)oc21. The van der Waals surface area contributed by atoms with Gasteiger partial charge >= 0.3 is 0 Å². The van der Waals surface area contributed by atoms with Gasteiger partial charge in [0.2, 0.25) is 5.89 Å². The zero-order valence-electron chi connectivity index (χ0n) is 33.4. The van der Waals surface area contributed by atoms with E-state index >= 15 is 0 Å². The molecule has 0 bridgehead atoms. The number of fused-ring (bicyclic) bond motifs is 7. The smallest absolute Gasteiger partial charge is 0.227 e. The highest BCUT2D eigenvalue weighted by molar-refractivity contribution is 6.10. The average Bonchev–Trinajstić information content (AvgIpc) is 3.92. The van der Waals surface area contributed by atoms with Gasteiger partial charge in [-0.25, -0.2) is 4.98 Å². The number of rotatable bonds is 7. The number of benzene rings is 9. The Hall–Kier alpha value is -7.95. The number of oxazole rings is 1. The molecular weight excluding hydrogens is 743 g/mol. The fourth-order valence-electron chi connectivity index (χ4n) is 9.40. The number of anilines is 3.